The maximum absolute atomic E-state index is 12.4. The Kier molecular flexibility index (Phi) is 2.30. The van der Waals surface area contributed by atoms with Crippen LogP contribution < -0.4 is 0 Å². The molecule has 0 spiro atoms. The maximum atomic E-state index is 12.4. The lowest BCUT2D eigenvalue weighted by molar-refractivity contribution is 0.103. The second kappa shape index (κ2) is 3.70. The molecule has 1 heterocycles. The zero-order valence-corrected chi connectivity index (χ0v) is 10.1. The summed E-state index contributed by atoms with van der Waals surface area (Å²) < 4.78 is 0. The minimum Gasteiger partial charge on any atom is -0.288 e. The van der Waals surface area contributed by atoms with E-state index in [1.165, 1.54) is 0 Å². The van der Waals surface area contributed by atoms with E-state index in [4.69, 9.17) is 11.6 Å². The Balaban J connectivity index is 2.29. The number of ketones is 1. The number of carbonyl (C=O) groups is 1. The largest absolute Gasteiger partial charge is 0.288 e. The number of hydrogen-bond acceptors (Lipinski definition) is 2. The van der Waals surface area contributed by atoms with Gasteiger partial charge in [-0.15, -0.1) is 0 Å². The highest BCUT2D eigenvalue weighted by molar-refractivity contribution is 6.32. The molecule has 1 aliphatic rings. The first kappa shape index (κ1) is 10.5. The van der Waals surface area contributed by atoms with Crippen LogP contribution in [0.5, 0.6) is 0 Å². The molecule has 1 aliphatic carbocycles. The minimum atomic E-state index is 0.0364. The second-order valence-electron chi connectivity index (χ2n) is 4.18. The first-order valence-corrected chi connectivity index (χ1v) is 5.97. The van der Waals surface area contributed by atoms with Crippen molar-refractivity contribution in [1.29, 1.82) is 0 Å². The monoisotopic (exact) mass is 246 g/mol. The number of halogens is 1. The molecule has 86 valence electrons. The lowest BCUT2D eigenvalue weighted by atomic mass is 9.85. The minimum absolute atomic E-state index is 0.0364. The molecule has 3 rings (SSSR count). The lowest BCUT2D eigenvalue weighted by Crippen LogP contribution is -2.16. The van der Waals surface area contributed by atoms with Gasteiger partial charge in [0.1, 0.15) is 0 Å². The van der Waals surface area contributed by atoms with E-state index in [9.17, 15) is 4.79 Å². The normalized spacial score (nSPS) is 13.4. The smallest absolute Gasteiger partial charge is 0.197 e. The number of hydrogen-bond donors (Lipinski definition) is 1. The van der Waals surface area contributed by atoms with Crippen molar-refractivity contribution in [3.8, 4) is 0 Å². The number of carbonyl (C=O) groups excluding carboxylic acids is 1. The molecule has 4 heteroatoms. The molecule has 1 aromatic heterocycles. The summed E-state index contributed by atoms with van der Waals surface area (Å²) in [4.78, 5) is 12.4. The van der Waals surface area contributed by atoms with Crippen LogP contribution in [0.15, 0.2) is 18.3 Å². The summed E-state index contributed by atoms with van der Waals surface area (Å²) in [5, 5.41) is 7.46. The van der Waals surface area contributed by atoms with Crippen LogP contribution in [0.1, 0.15) is 39.7 Å². The van der Waals surface area contributed by atoms with Gasteiger partial charge in [0, 0.05) is 17.0 Å². The lowest BCUT2D eigenvalue weighted by Gasteiger charge is -2.19. The number of benzene rings is 1. The quantitative estimate of drug-likeness (QED) is 0.718. The van der Waals surface area contributed by atoms with E-state index in [0.29, 0.717) is 17.0 Å². The van der Waals surface area contributed by atoms with Crippen molar-refractivity contribution in [1.82, 2.24) is 10.2 Å². The second-order valence-corrected chi connectivity index (χ2v) is 4.59. The maximum Gasteiger partial charge on any atom is 0.197 e. The van der Waals surface area contributed by atoms with Gasteiger partial charge in [-0.2, -0.15) is 5.10 Å². The van der Waals surface area contributed by atoms with Gasteiger partial charge in [-0.25, -0.2) is 0 Å². The van der Waals surface area contributed by atoms with Crippen LogP contribution in [0.3, 0.4) is 0 Å². The fourth-order valence-corrected chi connectivity index (χ4v) is 2.60. The Morgan fingerprint density at radius 1 is 1.47 bits per heavy atom. The van der Waals surface area contributed by atoms with Crippen molar-refractivity contribution in [3.05, 3.63) is 51.3 Å². The van der Waals surface area contributed by atoms with Gasteiger partial charge in [0.15, 0.2) is 5.78 Å². The first-order valence-electron chi connectivity index (χ1n) is 5.59. The van der Waals surface area contributed by atoms with Gasteiger partial charge < -0.3 is 0 Å². The number of H-pyrrole nitrogens is 1. The Morgan fingerprint density at radius 3 is 3.06 bits per heavy atom. The molecule has 0 unspecified atom stereocenters. The molecule has 17 heavy (non-hydrogen) atoms. The number of fused-ring (bicyclic) bond motifs is 2. The molecule has 2 aromatic rings. The molecular weight excluding hydrogens is 236 g/mol. The van der Waals surface area contributed by atoms with Gasteiger partial charge in [-0.1, -0.05) is 24.6 Å². The van der Waals surface area contributed by atoms with Crippen molar-refractivity contribution >= 4 is 17.4 Å². The fourth-order valence-electron chi connectivity index (χ4n) is 2.38. The van der Waals surface area contributed by atoms with Gasteiger partial charge in [-0.3, -0.25) is 9.89 Å². The Hall–Kier alpha value is -1.61. The molecule has 0 atom stereocenters. The average molecular weight is 247 g/mol. The highest BCUT2D eigenvalue weighted by Crippen LogP contribution is 2.33. The number of rotatable bonds is 1. The van der Waals surface area contributed by atoms with Crippen LogP contribution in [0, 0.1) is 0 Å². The number of aryl methyl sites for hydroxylation is 1. The van der Waals surface area contributed by atoms with Crippen LogP contribution in [-0.4, -0.2) is 16.0 Å². The van der Waals surface area contributed by atoms with Crippen molar-refractivity contribution in [2.45, 2.75) is 19.8 Å². The van der Waals surface area contributed by atoms with Crippen molar-refractivity contribution in [2.75, 3.05) is 0 Å². The fraction of sp³-hybridized carbons (Fsp3) is 0.231. The SMILES string of the molecule is CCc1ccc(Cl)c2c1C(=O)c1cn[nH]c1C2. The predicted octanol–water partition coefficient (Wildman–Crippen LogP) is 2.76. The zero-order chi connectivity index (χ0) is 12.0. The van der Waals surface area contributed by atoms with Gasteiger partial charge in [-0.05, 0) is 23.6 Å². The number of aromatic amines is 1. The van der Waals surface area contributed by atoms with Crippen LogP contribution >= 0.6 is 11.6 Å². The van der Waals surface area contributed by atoms with E-state index >= 15 is 0 Å². The van der Waals surface area contributed by atoms with Gasteiger partial charge in [0.25, 0.3) is 0 Å². The van der Waals surface area contributed by atoms with E-state index in [1.54, 1.807) is 6.20 Å². The molecule has 1 N–H and O–H groups in total. The van der Waals surface area contributed by atoms with Gasteiger partial charge in [0.2, 0.25) is 0 Å². The molecule has 0 saturated heterocycles. The number of aromatic nitrogens is 2. The molecule has 0 aliphatic heterocycles. The highest BCUT2D eigenvalue weighted by Gasteiger charge is 2.28. The average Bonchev–Trinajstić information content (AvgIpc) is 2.79. The van der Waals surface area contributed by atoms with E-state index in [1.807, 2.05) is 19.1 Å². The summed E-state index contributed by atoms with van der Waals surface area (Å²) in [6, 6.07) is 3.80. The van der Waals surface area contributed by atoms with E-state index in [-0.39, 0.29) is 5.78 Å². The molecule has 0 fully saturated rings. The van der Waals surface area contributed by atoms with E-state index in [0.717, 1.165) is 28.8 Å². The van der Waals surface area contributed by atoms with E-state index in [2.05, 4.69) is 10.2 Å². The Morgan fingerprint density at radius 2 is 2.29 bits per heavy atom. The van der Waals surface area contributed by atoms with Crippen molar-refractivity contribution in [2.24, 2.45) is 0 Å². The van der Waals surface area contributed by atoms with Crippen LogP contribution in [-0.2, 0) is 12.8 Å². The topological polar surface area (TPSA) is 45.8 Å². The standard InChI is InChI=1S/C13H11ClN2O/c1-2-7-3-4-10(14)8-5-11-9(6-15-16-11)13(17)12(7)8/h3-4,6H,2,5H2,1H3,(H,15,16). The van der Waals surface area contributed by atoms with Gasteiger partial charge >= 0.3 is 0 Å². The highest BCUT2D eigenvalue weighted by atomic mass is 35.5. The Bertz CT molecular complexity index is 616. The zero-order valence-electron chi connectivity index (χ0n) is 9.38. The third-order valence-corrected chi connectivity index (χ3v) is 3.62. The van der Waals surface area contributed by atoms with Crippen LogP contribution in [0.2, 0.25) is 5.02 Å². The molecule has 3 nitrogen and oxygen atoms in total. The molecule has 0 radical (unpaired) electrons. The first-order chi connectivity index (χ1) is 8.22. The van der Waals surface area contributed by atoms with Crippen LogP contribution in [0.25, 0.3) is 0 Å². The molecule has 0 amide bonds. The molecule has 0 saturated carbocycles. The predicted molar refractivity (Wildman–Crippen MR) is 65.7 cm³/mol. The Labute approximate surface area is 104 Å². The molecule has 1 aromatic carbocycles. The summed E-state index contributed by atoms with van der Waals surface area (Å²) in [6.45, 7) is 2.04. The summed E-state index contributed by atoms with van der Waals surface area (Å²) >= 11 is 6.18. The van der Waals surface area contributed by atoms with Crippen molar-refractivity contribution in [3.63, 3.8) is 0 Å². The van der Waals surface area contributed by atoms with Crippen LogP contribution in [0.4, 0.5) is 0 Å². The molecule has 0 bridgehead atoms. The summed E-state index contributed by atoms with van der Waals surface area (Å²) in [5.74, 6) is 0.0364. The number of nitrogens with one attached hydrogen (secondary N) is 1. The number of nitrogens with zero attached hydrogens (tertiary/aromatic N) is 1. The van der Waals surface area contributed by atoms with Crippen molar-refractivity contribution < 1.29 is 4.79 Å². The molecular formula is C13H11ClN2O. The summed E-state index contributed by atoms with van der Waals surface area (Å²) in [7, 11) is 0. The van der Waals surface area contributed by atoms with Gasteiger partial charge in [0.05, 0.1) is 17.5 Å². The summed E-state index contributed by atoms with van der Waals surface area (Å²) in [6.07, 6.45) is 3.09. The summed E-state index contributed by atoms with van der Waals surface area (Å²) in [5.41, 5.74) is 4.29. The third-order valence-electron chi connectivity index (χ3n) is 3.27. The van der Waals surface area contributed by atoms with E-state index < -0.39 is 0 Å². The third kappa shape index (κ3) is 1.42.